The first-order valence-corrected chi connectivity index (χ1v) is 9.43. The van der Waals surface area contributed by atoms with Crippen molar-refractivity contribution in [2.45, 2.75) is 6.04 Å². The molecule has 0 aliphatic carbocycles. The zero-order chi connectivity index (χ0) is 23.3. The van der Waals surface area contributed by atoms with Gasteiger partial charge >= 0.3 is 0 Å². The first kappa shape index (κ1) is 22.3. The third-order valence-electron chi connectivity index (χ3n) is 4.55. The summed E-state index contributed by atoms with van der Waals surface area (Å²) in [6.45, 7) is 0. The van der Waals surface area contributed by atoms with Gasteiger partial charge in [-0.15, -0.1) is 0 Å². The number of hydrogen-bond acceptors (Lipinski definition) is 7. The van der Waals surface area contributed by atoms with Crippen molar-refractivity contribution >= 4 is 29.1 Å². The van der Waals surface area contributed by atoms with E-state index in [1.165, 1.54) is 14.2 Å². The molecule has 6 N–H and O–H groups in total. The number of ether oxygens (including phenoxy) is 2. The lowest BCUT2D eigenvalue weighted by Crippen LogP contribution is -2.28. The van der Waals surface area contributed by atoms with E-state index < -0.39 is 23.7 Å². The molecule has 2 aromatic carbocycles. The zero-order valence-electron chi connectivity index (χ0n) is 17.4. The largest absolute Gasteiger partial charge is 0.497 e. The monoisotopic (exact) mass is 439 g/mol. The highest BCUT2D eigenvalue weighted by Crippen LogP contribution is 2.30. The Morgan fingerprint density at radius 3 is 2.12 bits per heavy atom. The van der Waals surface area contributed by atoms with Crippen molar-refractivity contribution in [3.05, 3.63) is 71.5 Å². The molecule has 3 rings (SSSR count). The van der Waals surface area contributed by atoms with Crippen LogP contribution < -0.4 is 31.6 Å². The number of anilines is 3. The standard InChI is InChI=1S/C22H22FN5O4/c1-31-14-8-13(9-15(10-14)32-2)26-21-16(19(24)29)11-17(23)22(28-21)27-18(20(25)30)12-6-4-3-5-7-12/h3-11,18H,1-2H3,(H2,24,29)(H2,25,30)(H2,26,27,28)/t18-/m0/s1. The average molecular weight is 439 g/mol. The van der Waals surface area contributed by atoms with E-state index in [4.69, 9.17) is 20.9 Å². The molecule has 0 radical (unpaired) electrons. The Balaban J connectivity index is 2.02. The highest BCUT2D eigenvalue weighted by Gasteiger charge is 2.22. The topological polar surface area (TPSA) is 142 Å². The Labute approximate surface area is 183 Å². The van der Waals surface area contributed by atoms with Crippen LogP contribution in [0.1, 0.15) is 22.0 Å². The summed E-state index contributed by atoms with van der Waals surface area (Å²) in [5.74, 6) is -1.88. The SMILES string of the molecule is COc1cc(Nc2nc(N[C@H](C(N)=O)c3ccccc3)c(F)cc2C(N)=O)cc(OC)c1. The summed E-state index contributed by atoms with van der Waals surface area (Å²) < 4.78 is 25.2. The van der Waals surface area contributed by atoms with Gasteiger partial charge in [-0.05, 0) is 11.6 Å². The number of nitrogens with zero attached hydrogens (tertiary/aromatic N) is 1. The number of methoxy groups -OCH3 is 2. The lowest BCUT2D eigenvalue weighted by Gasteiger charge is -2.19. The van der Waals surface area contributed by atoms with Gasteiger partial charge in [-0.3, -0.25) is 9.59 Å². The molecule has 1 atom stereocenters. The fraction of sp³-hybridized carbons (Fsp3) is 0.136. The van der Waals surface area contributed by atoms with Crippen LogP contribution in [0.25, 0.3) is 0 Å². The van der Waals surface area contributed by atoms with Crippen LogP contribution in [0.15, 0.2) is 54.6 Å². The van der Waals surface area contributed by atoms with E-state index in [0.29, 0.717) is 22.7 Å². The fourth-order valence-electron chi connectivity index (χ4n) is 2.99. The molecule has 9 nitrogen and oxygen atoms in total. The smallest absolute Gasteiger partial charge is 0.252 e. The minimum Gasteiger partial charge on any atom is -0.497 e. The van der Waals surface area contributed by atoms with Crippen LogP contribution in [0.3, 0.4) is 0 Å². The number of rotatable bonds is 9. The summed E-state index contributed by atoms with van der Waals surface area (Å²) in [7, 11) is 2.97. The van der Waals surface area contributed by atoms with Crippen LogP contribution in [0, 0.1) is 5.82 Å². The number of amides is 2. The summed E-state index contributed by atoms with van der Waals surface area (Å²) in [5, 5.41) is 5.62. The Morgan fingerprint density at radius 1 is 0.969 bits per heavy atom. The molecule has 0 spiro atoms. The first-order chi connectivity index (χ1) is 15.3. The molecular weight excluding hydrogens is 417 g/mol. The Hall–Kier alpha value is -4.34. The molecule has 0 saturated carbocycles. The van der Waals surface area contributed by atoms with Gasteiger partial charge in [0.15, 0.2) is 11.6 Å². The van der Waals surface area contributed by atoms with Crippen LogP contribution in [0.4, 0.5) is 21.7 Å². The normalized spacial score (nSPS) is 11.3. The van der Waals surface area contributed by atoms with Gasteiger partial charge in [-0.2, -0.15) is 0 Å². The van der Waals surface area contributed by atoms with E-state index in [2.05, 4.69) is 15.6 Å². The van der Waals surface area contributed by atoms with Crippen molar-refractivity contribution in [3.63, 3.8) is 0 Å². The molecule has 0 saturated heterocycles. The number of primary amides is 2. The van der Waals surface area contributed by atoms with Crippen LogP contribution in [-0.4, -0.2) is 31.0 Å². The van der Waals surface area contributed by atoms with Crippen molar-refractivity contribution in [3.8, 4) is 11.5 Å². The highest BCUT2D eigenvalue weighted by atomic mass is 19.1. The number of nitrogens with two attached hydrogens (primary N) is 2. The molecule has 0 fully saturated rings. The molecule has 1 aromatic heterocycles. The van der Waals surface area contributed by atoms with Crippen LogP contribution >= 0.6 is 0 Å². The van der Waals surface area contributed by atoms with Gasteiger partial charge in [-0.1, -0.05) is 30.3 Å². The maximum atomic E-state index is 14.8. The molecule has 32 heavy (non-hydrogen) atoms. The third kappa shape index (κ3) is 5.04. The highest BCUT2D eigenvalue weighted by molar-refractivity contribution is 5.98. The molecular formula is C22H22FN5O4. The number of nitrogens with one attached hydrogen (secondary N) is 2. The maximum Gasteiger partial charge on any atom is 0.252 e. The van der Waals surface area contributed by atoms with Crippen LogP contribution in [-0.2, 0) is 4.79 Å². The van der Waals surface area contributed by atoms with Gasteiger partial charge < -0.3 is 31.6 Å². The molecule has 0 bridgehead atoms. The van der Waals surface area contributed by atoms with Crippen LogP contribution in [0.2, 0.25) is 0 Å². The molecule has 10 heteroatoms. The van der Waals surface area contributed by atoms with E-state index in [1.54, 1.807) is 48.5 Å². The molecule has 2 amide bonds. The number of benzene rings is 2. The van der Waals surface area contributed by atoms with E-state index >= 15 is 0 Å². The van der Waals surface area contributed by atoms with Gasteiger partial charge in [0.1, 0.15) is 23.4 Å². The van der Waals surface area contributed by atoms with Crippen molar-refractivity contribution in [1.82, 2.24) is 4.98 Å². The summed E-state index contributed by atoms with van der Waals surface area (Å²) in [6, 6.07) is 13.3. The maximum absolute atomic E-state index is 14.8. The van der Waals surface area contributed by atoms with Crippen LogP contribution in [0.5, 0.6) is 11.5 Å². The molecule has 0 aliphatic heterocycles. The Kier molecular flexibility index (Phi) is 6.74. The second kappa shape index (κ2) is 9.65. The fourth-order valence-corrected chi connectivity index (χ4v) is 2.99. The second-order valence-corrected chi connectivity index (χ2v) is 6.70. The molecule has 0 aliphatic rings. The van der Waals surface area contributed by atoms with Crippen molar-refractivity contribution in [1.29, 1.82) is 0 Å². The number of pyridine rings is 1. The van der Waals surface area contributed by atoms with E-state index in [-0.39, 0.29) is 17.2 Å². The summed E-state index contributed by atoms with van der Waals surface area (Å²) in [5.41, 5.74) is 11.7. The number of carbonyl (C=O) groups excluding carboxylic acids is 2. The quantitative estimate of drug-likeness (QED) is 0.402. The van der Waals surface area contributed by atoms with Gasteiger partial charge in [0.2, 0.25) is 5.91 Å². The number of halogens is 1. The van der Waals surface area contributed by atoms with Gasteiger partial charge in [-0.25, -0.2) is 9.37 Å². The Morgan fingerprint density at radius 2 is 1.59 bits per heavy atom. The van der Waals surface area contributed by atoms with E-state index in [1.807, 2.05) is 0 Å². The molecule has 3 aromatic rings. The minimum absolute atomic E-state index is 0.0343. The van der Waals surface area contributed by atoms with Gasteiger partial charge in [0, 0.05) is 23.9 Å². The average Bonchev–Trinajstić information content (AvgIpc) is 2.78. The van der Waals surface area contributed by atoms with Crippen molar-refractivity contribution < 1.29 is 23.5 Å². The zero-order valence-corrected chi connectivity index (χ0v) is 17.4. The number of aromatic nitrogens is 1. The van der Waals surface area contributed by atoms with Gasteiger partial charge in [0.05, 0.1) is 19.8 Å². The predicted octanol–water partition coefficient (Wildman–Crippen LogP) is 2.72. The van der Waals surface area contributed by atoms with Crippen molar-refractivity contribution in [2.75, 3.05) is 24.9 Å². The summed E-state index contributed by atoms with van der Waals surface area (Å²) >= 11 is 0. The molecule has 0 unspecified atom stereocenters. The lowest BCUT2D eigenvalue weighted by atomic mass is 10.1. The summed E-state index contributed by atoms with van der Waals surface area (Å²) in [4.78, 5) is 28.1. The predicted molar refractivity (Wildman–Crippen MR) is 118 cm³/mol. The minimum atomic E-state index is -1.05. The number of carbonyl (C=O) groups is 2. The van der Waals surface area contributed by atoms with E-state index in [0.717, 1.165) is 6.07 Å². The lowest BCUT2D eigenvalue weighted by molar-refractivity contribution is -0.118. The summed E-state index contributed by atoms with van der Waals surface area (Å²) in [6.07, 6.45) is 0. The second-order valence-electron chi connectivity index (χ2n) is 6.70. The molecule has 166 valence electrons. The molecule has 1 heterocycles. The third-order valence-corrected chi connectivity index (χ3v) is 4.55. The first-order valence-electron chi connectivity index (χ1n) is 9.43. The van der Waals surface area contributed by atoms with Crippen molar-refractivity contribution in [2.24, 2.45) is 11.5 Å². The van der Waals surface area contributed by atoms with E-state index in [9.17, 15) is 14.0 Å². The van der Waals surface area contributed by atoms with Gasteiger partial charge in [0.25, 0.3) is 5.91 Å². The Bertz CT molecular complexity index is 1120. The number of hydrogen-bond donors (Lipinski definition) is 4.